The Morgan fingerprint density at radius 1 is 0.426 bits per heavy atom. The minimum Gasteiger partial charge on any atom is -0.462 e. The third kappa shape index (κ3) is 48.0. The molecule has 392 valence electrons. The Labute approximate surface area is 414 Å². The summed E-state index contributed by atoms with van der Waals surface area (Å²) in [4.78, 5) is 48.3. The predicted octanol–water partition coefficient (Wildman–Crippen LogP) is 15.4. The van der Waals surface area contributed by atoms with E-state index in [0.717, 1.165) is 128 Å². The number of carbonyl (C=O) groups is 3. The van der Waals surface area contributed by atoms with E-state index in [1.165, 1.54) is 38.5 Å². The van der Waals surface area contributed by atoms with Crippen LogP contribution < -0.4 is 0 Å². The fraction of sp³-hybridized carbons (Fsp3) is 0.732. The second kappa shape index (κ2) is 50.3. The van der Waals surface area contributed by atoms with Gasteiger partial charge in [-0.25, -0.2) is 4.57 Å². The number of aliphatic hydroxyl groups excluding tert-OH is 1. The van der Waals surface area contributed by atoms with E-state index in [1.807, 2.05) is 0 Å². The Kier molecular flexibility index (Phi) is 48.0. The quantitative estimate of drug-likeness (QED) is 0.0197. The second-order valence-electron chi connectivity index (χ2n) is 17.7. The van der Waals surface area contributed by atoms with Crippen LogP contribution in [0.1, 0.15) is 226 Å². The van der Waals surface area contributed by atoms with Crippen molar-refractivity contribution in [1.82, 2.24) is 0 Å². The zero-order valence-corrected chi connectivity index (χ0v) is 43.9. The van der Waals surface area contributed by atoms with Crippen molar-refractivity contribution in [1.29, 1.82) is 0 Å². The van der Waals surface area contributed by atoms with Gasteiger partial charge >= 0.3 is 25.7 Å². The Balaban J connectivity index is 4.78. The van der Waals surface area contributed by atoms with Crippen LogP contribution in [0.25, 0.3) is 0 Å². The van der Waals surface area contributed by atoms with Crippen LogP contribution in [0, 0.1) is 0 Å². The van der Waals surface area contributed by atoms with Crippen LogP contribution in [-0.4, -0.2) is 66.5 Å². The van der Waals surface area contributed by atoms with Crippen LogP contribution >= 0.6 is 7.82 Å². The number of aliphatic hydroxyl groups is 1. The smallest absolute Gasteiger partial charge is 0.462 e. The lowest BCUT2D eigenvalue weighted by molar-refractivity contribution is -0.161. The van der Waals surface area contributed by atoms with E-state index in [9.17, 15) is 28.9 Å². The number of allylic oxidation sites excluding steroid dienone is 12. The lowest BCUT2D eigenvalue weighted by atomic mass is 10.1. The summed E-state index contributed by atoms with van der Waals surface area (Å²) in [5.74, 6) is -1.52. The lowest BCUT2D eigenvalue weighted by Gasteiger charge is -2.21. The number of rotatable bonds is 49. The van der Waals surface area contributed by atoms with Gasteiger partial charge < -0.3 is 24.2 Å². The fourth-order valence-electron chi connectivity index (χ4n) is 6.97. The zero-order chi connectivity index (χ0) is 49.9. The second-order valence-corrected chi connectivity index (χ2v) is 19.1. The SMILES string of the molecule is CC/C=C\C/C=C\C/C=C\C/C=C\CCCCCCC(=O)OC(COC(=O)CCCCCCC/C=C\CCCC)COP(=O)(O)OCC(CO)OC(=O)CCCCCCC/C=C\CCCCCC. The van der Waals surface area contributed by atoms with Crippen molar-refractivity contribution in [2.45, 2.75) is 238 Å². The van der Waals surface area contributed by atoms with Gasteiger partial charge in [0.1, 0.15) is 12.7 Å². The molecule has 11 nitrogen and oxygen atoms in total. The summed E-state index contributed by atoms with van der Waals surface area (Å²) in [5, 5.41) is 9.78. The van der Waals surface area contributed by atoms with E-state index < -0.39 is 57.8 Å². The summed E-state index contributed by atoms with van der Waals surface area (Å²) in [6.45, 7) is 4.42. The third-order valence-corrected chi connectivity index (χ3v) is 12.0. The molecule has 0 heterocycles. The number of carbonyl (C=O) groups excluding carboxylic acids is 3. The molecule has 0 aromatic rings. The summed E-state index contributed by atoms with van der Waals surface area (Å²) in [6.07, 6.45) is 54.4. The van der Waals surface area contributed by atoms with E-state index in [0.29, 0.717) is 19.3 Å². The number of ether oxygens (including phenoxy) is 3. The monoisotopic (exact) mass is 977 g/mol. The van der Waals surface area contributed by atoms with Gasteiger partial charge in [-0.1, -0.05) is 177 Å². The number of hydrogen-bond donors (Lipinski definition) is 2. The standard InChI is InChI=1S/C56H97O11P/c1-4-7-10-13-16-19-22-24-25-26-27-29-32-35-38-41-44-47-56(60)67-53(49-63-54(58)45-42-39-36-33-30-21-18-15-12-9-6-3)51-65-68(61,62)64-50-52(48-57)66-55(59)46-43-40-37-34-31-28-23-20-17-14-11-8-5-2/h7,10,15-16,18-20,23-25,27,29,52-53,57H,4-6,8-9,11-14,17,21-22,26,28,30-51H2,1-3H3,(H,61,62)/b10-7-,18-15-,19-16-,23-20-,25-24-,29-27-. The number of hydrogen-bond acceptors (Lipinski definition) is 10. The molecular formula is C56H97O11P. The van der Waals surface area contributed by atoms with E-state index in [1.54, 1.807) is 0 Å². The molecule has 2 N–H and O–H groups in total. The number of phosphoric acid groups is 1. The maximum absolute atomic E-state index is 12.9. The van der Waals surface area contributed by atoms with Gasteiger partial charge in [0.15, 0.2) is 6.10 Å². The lowest BCUT2D eigenvalue weighted by Crippen LogP contribution is -2.30. The molecule has 0 bridgehead atoms. The van der Waals surface area contributed by atoms with Crippen LogP contribution in [0.3, 0.4) is 0 Å². The van der Waals surface area contributed by atoms with Crippen molar-refractivity contribution in [2.24, 2.45) is 0 Å². The molecule has 0 radical (unpaired) electrons. The molecule has 0 spiro atoms. The molecule has 0 aliphatic heterocycles. The summed E-state index contributed by atoms with van der Waals surface area (Å²) < 4.78 is 39.3. The maximum atomic E-state index is 12.9. The van der Waals surface area contributed by atoms with E-state index in [4.69, 9.17) is 23.3 Å². The fourth-order valence-corrected chi connectivity index (χ4v) is 7.75. The van der Waals surface area contributed by atoms with Crippen LogP contribution in [0.4, 0.5) is 0 Å². The first-order chi connectivity index (χ1) is 33.2. The minimum atomic E-state index is -4.75. The van der Waals surface area contributed by atoms with Gasteiger partial charge in [-0.3, -0.25) is 23.4 Å². The van der Waals surface area contributed by atoms with Gasteiger partial charge in [-0.15, -0.1) is 0 Å². The molecule has 0 saturated carbocycles. The maximum Gasteiger partial charge on any atom is 0.472 e. The van der Waals surface area contributed by atoms with Gasteiger partial charge in [0.05, 0.1) is 19.8 Å². The van der Waals surface area contributed by atoms with Crippen molar-refractivity contribution in [3.8, 4) is 0 Å². The molecule has 3 unspecified atom stereocenters. The molecule has 0 aromatic heterocycles. The highest BCUT2D eigenvalue weighted by atomic mass is 31.2. The molecule has 0 fully saturated rings. The van der Waals surface area contributed by atoms with E-state index >= 15 is 0 Å². The Bertz CT molecular complexity index is 1420. The summed E-state index contributed by atoms with van der Waals surface area (Å²) in [7, 11) is -4.75. The van der Waals surface area contributed by atoms with Crippen molar-refractivity contribution < 1.29 is 52.2 Å². The van der Waals surface area contributed by atoms with Gasteiger partial charge in [0.25, 0.3) is 0 Å². The molecular weight excluding hydrogens is 880 g/mol. The highest BCUT2D eigenvalue weighted by Gasteiger charge is 2.28. The van der Waals surface area contributed by atoms with Gasteiger partial charge in [0.2, 0.25) is 0 Å². The predicted molar refractivity (Wildman–Crippen MR) is 279 cm³/mol. The first-order valence-corrected chi connectivity index (χ1v) is 28.3. The van der Waals surface area contributed by atoms with Crippen molar-refractivity contribution in [2.75, 3.05) is 26.4 Å². The molecule has 0 aromatic carbocycles. The molecule has 12 heteroatoms. The minimum absolute atomic E-state index is 0.136. The molecule has 0 amide bonds. The number of unbranched alkanes of at least 4 members (excludes halogenated alkanes) is 20. The number of esters is 3. The summed E-state index contributed by atoms with van der Waals surface area (Å²) in [5.41, 5.74) is 0. The van der Waals surface area contributed by atoms with E-state index in [2.05, 4.69) is 93.7 Å². The highest BCUT2D eigenvalue weighted by Crippen LogP contribution is 2.43. The molecule has 3 atom stereocenters. The Hall–Kier alpha value is -3.08. The Morgan fingerprint density at radius 2 is 0.779 bits per heavy atom. The van der Waals surface area contributed by atoms with Crippen molar-refractivity contribution in [3.63, 3.8) is 0 Å². The average molecular weight is 977 g/mol. The molecule has 0 rings (SSSR count). The first kappa shape index (κ1) is 64.9. The topological polar surface area (TPSA) is 155 Å². The zero-order valence-electron chi connectivity index (χ0n) is 43.1. The van der Waals surface area contributed by atoms with Gasteiger partial charge in [-0.05, 0) is 103 Å². The molecule has 0 saturated heterocycles. The average Bonchev–Trinajstić information content (AvgIpc) is 3.32. The van der Waals surface area contributed by atoms with Crippen LogP contribution in [-0.2, 0) is 42.2 Å². The molecule has 0 aliphatic rings. The van der Waals surface area contributed by atoms with Crippen molar-refractivity contribution >= 4 is 25.7 Å². The van der Waals surface area contributed by atoms with Gasteiger partial charge in [0, 0.05) is 19.3 Å². The third-order valence-electron chi connectivity index (χ3n) is 11.1. The van der Waals surface area contributed by atoms with Crippen LogP contribution in [0.5, 0.6) is 0 Å². The molecule has 68 heavy (non-hydrogen) atoms. The largest absolute Gasteiger partial charge is 0.472 e. The summed E-state index contributed by atoms with van der Waals surface area (Å²) in [6, 6.07) is 0. The van der Waals surface area contributed by atoms with Crippen LogP contribution in [0.15, 0.2) is 72.9 Å². The normalized spacial score (nSPS) is 14.0. The van der Waals surface area contributed by atoms with E-state index in [-0.39, 0.29) is 25.9 Å². The highest BCUT2D eigenvalue weighted by molar-refractivity contribution is 7.47. The summed E-state index contributed by atoms with van der Waals surface area (Å²) >= 11 is 0. The first-order valence-electron chi connectivity index (χ1n) is 26.8. The van der Waals surface area contributed by atoms with Gasteiger partial charge in [-0.2, -0.15) is 0 Å². The number of phosphoric ester groups is 1. The van der Waals surface area contributed by atoms with Crippen LogP contribution in [0.2, 0.25) is 0 Å². The molecule has 0 aliphatic carbocycles. The van der Waals surface area contributed by atoms with Crippen molar-refractivity contribution in [3.05, 3.63) is 72.9 Å². The Morgan fingerprint density at radius 3 is 1.24 bits per heavy atom.